The van der Waals surface area contributed by atoms with E-state index in [1.54, 1.807) is 0 Å². The average Bonchev–Trinajstić information content (AvgIpc) is 3.12. The highest BCUT2D eigenvalue weighted by Crippen LogP contribution is 2.29. The van der Waals surface area contributed by atoms with Gasteiger partial charge < -0.3 is 0 Å². The first-order valence-corrected chi connectivity index (χ1v) is 6.99. The number of halogens is 1. The first-order valence-electron chi connectivity index (χ1n) is 6.20. The van der Waals surface area contributed by atoms with Gasteiger partial charge in [0.15, 0.2) is 5.78 Å². The molecule has 0 bridgehead atoms. The summed E-state index contributed by atoms with van der Waals surface area (Å²) in [6.45, 7) is 4.70. The summed E-state index contributed by atoms with van der Waals surface area (Å²) >= 11 is 3.40. The van der Waals surface area contributed by atoms with Gasteiger partial charge in [0.25, 0.3) is 0 Å². The molecule has 0 unspecified atom stereocenters. The first-order chi connectivity index (χ1) is 8.19. The zero-order chi connectivity index (χ0) is 12.3. The van der Waals surface area contributed by atoms with Crippen LogP contribution in [0.4, 0.5) is 0 Å². The van der Waals surface area contributed by atoms with Gasteiger partial charge in [-0.25, -0.2) is 0 Å². The van der Waals surface area contributed by atoms with E-state index in [9.17, 15) is 4.79 Å². The van der Waals surface area contributed by atoms with Crippen LogP contribution in [0.3, 0.4) is 0 Å². The summed E-state index contributed by atoms with van der Waals surface area (Å²) in [5, 5.41) is 0. The van der Waals surface area contributed by atoms with Crippen molar-refractivity contribution >= 4 is 21.7 Å². The first kappa shape index (κ1) is 12.8. The normalized spacial score (nSPS) is 15.2. The lowest BCUT2D eigenvalue weighted by atomic mass is 10.1. The number of carbonyl (C=O) groups excluding carboxylic acids is 1. The van der Waals surface area contributed by atoms with Gasteiger partial charge in [0, 0.05) is 16.6 Å². The molecule has 2 nitrogen and oxygen atoms in total. The van der Waals surface area contributed by atoms with E-state index in [4.69, 9.17) is 0 Å². The number of rotatable bonds is 6. The molecule has 1 aromatic rings. The van der Waals surface area contributed by atoms with E-state index >= 15 is 0 Å². The third-order valence-corrected chi connectivity index (χ3v) is 3.67. The summed E-state index contributed by atoms with van der Waals surface area (Å²) in [6.07, 6.45) is 2.67. The second-order valence-electron chi connectivity index (χ2n) is 4.70. The Balaban J connectivity index is 1.94. The molecular formula is C14H18BrNO. The zero-order valence-corrected chi connectivity index (χ0v) is 11.7. The molecule has 2 rings (SSSR count). The van der Waals surface area contributed by atoms with E-state index in [2.05, 4.69) is 27.8 Å². The second kappa shape index (κ2) is 5.78. The summed E-state index contributed by atoms with van der Waals surface area (Å²) in [4.78, 5) is 14.4. The Labute approximate surface area is 111 Å². The van der Waals surface area contributed by atoms with Crippen LogP contribution in [0.2, 0.25) is 0 Å². The fourth-order valence-corrected chi connectivity index (χ4v) is 2.33. The van der Waals surface area contributed by atoms with Crippen molar-refractivity contribution in [3.63, 3.8) is 0 Å². The van der Waals surface area contributed by atoms with Gasteiger partial charge in [-0.05, 0) is 37.4 Å². The highest BCUT2D eigenvalue weighted by Gasteiger charge is 2.24. The SMILES string of the molecule is CCN(CC(=O)c1cccc(Br)c1)CC1CC1. The molecule has 1 aromatic carbocycles. The standard InChI is InChI=1S/C14H18BrNO/c1-2-16(9-11-6-7-11)10-14(17)12-4-3-5-13(15)8-12/h3-5,8,11H,2,6-7,9-10H2,1H3. The van der Waals surface area contributed by atoms with Crippen LogP contribution in [0, 0.1) is 5.92 Å². The van der Waals surface area contributed by atoms with E-state index in [-0.39, 0.29) is 5.78 Å². The Morgan fingerprint density at radius 2 is 2.24 bits per heavy atom. The zero-order valence-electron chi connectivity index (χ0n) is 10.2. The van der Waals surface area contributed by atoms with Crippen LogP contribution < -0.4 is 0 Å². The van der Waals surface area contributed by atoms with Crippen LogP contribution >= 0.6 is 15.9 Å². The van der Waals surface area contributed by atoms with Crippen molar-refractivity contribution in [1.29, 1.82) is 0 Å². The highest BCUT2D eigenvalue weighted by molar-refractivity contribution is 9.10. The van der Waals surface area contributed by atoms with E-state index in [1.165, 1.54) is 12.8 Å². The van der Waals surface area contributed by atoms with E-state index in [0.717, 1.165) is 29.0 Å². The molecule has 1 saturated carbocycles. The average molecular weight is 296 g/mol. The minimum absolute atomic E-state index is 0.216. The molecule has 92 valence electrons. The van der Waals surface area contributed by atoms with Crippen LogP contribution in [0.1, 0.15) is 30.1 Å². The molecular weight excluding hydrogens is 278 g/mol. The maximum Gasteiger partial charge on any atom is 0.176 e. The molecule has 0 heterocycles. The summed E-state index contributed by atoms with van der Waals surface area (Å²) in [6, 6.07) is 7.64. The van der Waals surface area contributed by atoms with Crippen LogP contribution in [0.25, 0.3) is 0 Å². The number of Topliss-reactive ketones (excluding diaryl/α,β-unsaturated/α-hetero) is 1. The van der Waals surface area contributed by atoms with Gasteiger partial charge in [-0.3, -0.25) is 9.69 Å². The third kappa shape index (κ3) is 3.93. The number of nitrogens with zero attached hydrogens (tertiary/aromatic N) is 1. The van der Waals surface area contributed by atoms with E-state index in [1.807, 2.05) is 24.3 Å². The molecule has 0 amide bonds. The van der Waals surface area contributed by atoms with Crippen LogP contribution in [0.15, 0.2) is 28.7 Å². The maximum atomic E-state index is 12.1. The van der Waals surface area contributed by atoms with Crippen molar-refractivity contribution in [3.8, 4) is 0 Å². The van der Waals surface area contributed by atoms with Gasteiger partial charge in [-0.1, -0.05) is 35.0 Å². The van der Waals surface area contributed by atoms with Crippen LogP contribution in [-0.2, 0) is 0 Å². The van der Waals surface area contributed by atoms with Gasteiger partial charge in [0.2, 0.25) is 0 Å². The Morgan fingerprint density at radius 1 is 1.47 bits per heavy atom. The van der Waals surface area contributed by atoms with Crippen molar-refractivity contribution in [2.75, 3.05) is 19.6 Å². The van der Waals surface area contributed by atoms with Gasteiger partial charge >= 0.3 is 0 Å². The Hall–Kier alpha value is -0.670. The third-order valence-electron chi connectivity index (χ3n) is 3.17. The molecule has 0 aliphatic heterocycles. The highest BCUT2D eigenvalue weighted by atomic mass is 79.9. The van der Waals surface area contributed by atoms with Gasteiger partial charge in [0.05, 0.1) is 6.54 Å². The van der Waals surface area contributed by atoms with E-state index < -0.39 is 0 Å². The molecule has 1 aliphatic carbocycles. The summed E-state index contributed by atoms with van der Waals surface area (Å²) in [5.74, 6) is 1.05. The lowest BCUT2D eigenvalue weighted by Gasteiger charge is -2.19. The largest absolute Gasteiger partial charge is 0.296 e. The van der Waals surface area contributed by atoms with Crippen LogP contribution in [0.5, 0.6) is 0 Å². The molecule has 0 saturated heterocycles. The Morgan fingerprint density at radius 3 is 2.82 bits per heavy atom. The quantitative estimate of drug-likeness (QED) is 0.750. The van der Waals surface area contributed by atoms with Gasteiger partial charge in [-0.2, -0.15) is 0 Å². The van der Waals surface area contributed by atoms with Gasteiger partial charge in [0.1, 0.15) is 0 Å². The lowest BCUT2D eigenvalue weighted by molar-refractivity contribution is 0.0931. The van der Waals surface area contributed by atoms with E-state index in [0.29, 0.717) is 6.54 Å². The van der Waals surface area contributed by atoms with Crippen LogP contribution in [-0.4, -0.2) is 30.3 Å². The predicted octanol–water partition coefficient (Wildman–Crippen LogP) is 3.36. The molecule has 3 heteroatoms. The molecule has 1 fully saturated rings. The monoisotopic (exact) mass is 295 g/mol. The van der Waals surface area contributed by atoms with Crippen molar-refractivity contribution in [1.82, 2.24) is 4.90 Å². The Bertz CT molecular complexity index is 401. The number of benzene rings is 1. The maximum absolute atomic E-state index is 12.1. The van der Waals surface area contributed by atoms with Crippen molar-refractivity contribution in [2.24, 2.45) is 5.92 Å². The number of likely N-dealkylation sites (N-methyl/N-ethyl adjacent to an activating group) is 1. The van der Waals surface area contributed by atoms with Crippen molar-refractivity contribution < 1.29 is 4.79 Å². The number of ketones is 1. The minimum Gasteiger partial charge on any atom is -0.296 e. The molecule has 0 aromatic heterocycles. The molecule has 0 spiro atoms. The summed E-state index contributed by atoms with van der Waals surface area (Å²) < 4.78 is 0.966. The fourth-order valence-electron chi connectivity index (χ4n) is 1.93. The fraction of sp³-hybridized carbons (Fsp3) is 0.500. The Kier molecular flexibility index (Phi) is 4.35. The van der Waals surface area contributed by atoms with Crippen molar-refractivity contribution in [2.45, 2.75) is 19.8 Å². The second-order valence-corrected chi connectivity index (χ2v) is 5.62. The smallest absolute Gasteiger partial charge is 0.176 e. The molecule has 0 atom stereocenters. The summed E-state index contributed by atoms with van der Waals surface area (Å²) in [5.41, 5.74) is 0.800. The molecule has 0 N–H and O–H groups in total. The number of carbonyl (C=O) groups is 1. The molecule has 1 aliphatic rings. The van der Waals surface area contributed by atoms with Gasteiger partial charge in [-0.15, -0.1) is 0 Å². The topological polar surface area (TPSA) is 20.3 Å². The van der Waals surface area contributed by atoms with Crippen molar-refractivity contribution in [3.05, 3.63) is 34.3 Å². The number of hydrogen-bond donors (Lipinski definition) is 0. The minimum atomic E-state index is 0.216. The molecule has 0 radical (unpaired) electrons. The summed E-state index contributed by atoms with van der Waals surface area (Å²) in [7, 11) is 0. The predicted molar refractivity (Wildman–Crippen MR) is 73.3 cm³/mol. The lowest BCUT2D eigenvalue weighted by Crippen LogP contribution is -2.31. The number of hydrogen-bond acceptors (Lipinski definition) is 2. The molecule has 17 heavy (non-hydrogen) atoms.